The van der Waals surface area contributed by atoms with Gasteiger partial charge in [-0.15, -0.1) is 22.9 Å². The van der Waals surface area contributed by atoms with Crippen LogP contribution in [0.5, 0.6) is 5.75 Å². The van der Waals surface area contributed by atoms with Crippen LogP contribution in [0.25, 0.3) is 16.2 Å². The van der Waals surface area contributed by atoms with E-state index in [0.29, 0.717) is 12.5 Å². The number of ether oxygens (including phenoxy) is 1. The summed E-state index contributed by atoms with van der Waals surface area (Å²) < 4.78 is 7.46. The molecular formula is C13H11ClN2OS. The molecule has 0 fully saturated rings. The quantitative estimate of drug-likeness (QED) is 0.681. The maximum absolute atomic E-state index is 5.57. The van der Waals surface area contributed by atoms with Gasteiger partial charge in [-0.3, -0.25) is 4.40 Å². The Kier molecular flexibility index (Phi) is 3.21. The van der Waals surface area contributed by atoms with Crippen molar-refractivity contribution in [2.45, 2.75) is 0 Å². The third kappa shape index (κ3) is 2.21. The van der Waals surface area contributed by atoms with E-state index in [4.69, 9.17) is 16.3 Å². The highest BCUT2D eigenvalue weighted by molar-refractivity contribution is 7.15. The van der Waals surface area contributed by atoms with Crippen LogP contribution in [0.2, 0.25) is 0 Å². The number of rotatable bonds is 4. The molecule has 0 N–H and O–H groups in total. The molecule has 0 spiro atoms. The average molecular weight is 279 g/mol. The van der Waals surface area contributed by atoms with Crippen LogP contribution in [0.3, 0.4) is 0 Å². The highest BCUT2D eigenvalue weighted by Crippen LogP contribution is 2.23. The van der Waals surface area contributed by atoms with Gasteiger partial charge >= 0.3 is 0 Å². The summed E-state index contributed by atoms with van der Waals surface area (Å²) in [6.07, 6.45) is 4.04. The molecule has 0 aliphatic heterocycles. The Labute approximate surface area is 114 Å². The number of fused-ring (bicyclic) bond motifs is 1. The summed E-state index contributed by atoms with van der Waals surface area (Å²) in [6.45, 7) is 0.529. The number of alkyl halides is 1. The zero-order chi connectivity index (χ0) is 12.4. The number of aromatic nitrogens is 2. The molecule has 0 aliphatic rings. The van der Waals surface area contributed by atoms with Crippen LogP contribution in [0, 0.1) is 0 Å². The Balaban J connectivity index is 1.85. The van der Waals surface area contributed by atoms with Crippen molar-refractivity contribution in [3.63, 3.8) is 0 Å². The molecule has 0 atom stereocenters. The maximum atomic E-state index is 5.57. The van der Waals surface area contributed by atoms with Gasteiger partial charge in [0.2, 0.25) is 0 Å². The zero-order valence-electron chi connectivity index (χ0n) is 9.54. The van der Waals surface area contributed by atoms with Crippen LogP contribution in [0.1, 0.15) is 0 Å². The Hall–Kier alpha value is -1.52. The summed E-state index contributed by atoms with van der Waals surface area (Å²) in [7, 11) is 0. The lowest BCUT2D eigenvalue weighted by Crippen LogP contribution is -1.97. The third-order valence-corrected chi connectivity index (χ3v) is 3.51. The standard InChI is InChI=1S/C13H11ClN2OS/c14-5-7-17-11-3-1-10(2-4-11)12-9-16-6-8-18-13(16)15-12/h1-4,6,8-9H,5,7H2. The fraction of sp³-hybridized carbons (Fsp3) is 0.154. The van der Waals surface area contributed by atoms with Crippen LogP contribution in [0.4, 0.5) is 0 Å². The molecule has 3 rings (SSSR count). The molecule has 18 heavy (non-hydrogen) atoms. The van der Waals surface area contributed by atoms with Gasteiger partial charge in [0.05, 0.1) is 11.6 Å². The molecule has 0 radical (unpaired) electrons. The van der Waals surface area contributed by atoms with Gasteiger partial charge in [-0.1, -0.05) is 0 Å². The predicted octanol–water partition coefficient (Wildman–Crippen LogP) is 3.68. The number of nitrogens with zero attached hydrogens (tertiary/aromatic N) is 2. The molecule has 0 amide bonds. The van der Waals surface area contributed by atoms with E-state index in [-0.39, 0.29) is 0 Å². The first-order valence-electron chi connectivity index (χ1n) is 5.58. The van der Waals surface area contributed by atoms with Gasteiger partial charge in [-0.25, -0.2) is 4.98 Å². The number of halogens is 1. The Bertz CT molecular complexity index is 616. The normalized spacial score (nSPS) is 10.9. The van der Waals surface area contributed by atoms with Gasteiger partial charge in [0.1, 0.15) is 12.4 Å². The molecule has 0 aliphatic carbocycles. The van der Waals surface area contributed by atoms with Crippen molar-refractivity contribution in [1.82, 2.24) is 9.38 Å². The van der Waals surface area contributed by atoms with Crippen LogP contribution >= 0.6 is 22.9 Å². The second kappa shape index (κ2) is 5.00. The average Bonchev–Trinajstić information content (AvgIpc) is 2.97. The lowest BCUT2D eigenvalue weighted by Gasteiger charge is -2.04. The number of hydrogen-bond donors (Lipinski definition) is 0. The number of hydrogen-bond acceptors (Lipinski definition) is 3. The van der Waals surface area contributed by atoms with Crippen molar-refractivity contribution in [1.29, 1.82) is 0 Å². The van der Waals surface area contributed by atoms with Crippen LogP contribution < -0.4 is 4.74 Å². The van der Waals surface area contributed by atoms with E-state index in [1.54, 1.807) is 11.3 Å². The minimum absolute atomic E-state index is 0.499. The molecular weight excluding hydrogens is 268 g/mol. The molecule has 0 unspecified atom stereocenters. The molecule has 5 heteroatoms. The smallest absolute Gasteiger partial charge is 0.194 e. The fourth-order valence-electron chi connectivity index (χ4n) is 1.74. The van der Waals surface area contributed by atoms with E-state index in [2.05, 4.69) is 4.98 Å². The molecule has 0 bridgehead atoms. The minimum Gasteiger partial charge on any atom is -0.492 e. The van der Waals surface area contributed by atoms with E-state index in [0.717, 1.165) is 22.0 Å². The molecule has 2 heterocycles. The first-order valence-corrected chi connectivity index (χ1v) is 6.99. The lowest BCUT2D eigenvalue weighted by atomic mass is 10.2. The summed E-state index contributed by atoms with van der Waals surface area (Å²) in [5, 5.41) is 2.02. The third-order valence-electron chi connectivity index (χ3n) is 2.59. The van der Waals surface area contributed by atoms with Crippen LogP contribution in [0.15, 0.2) is 42.0 Å². The topological polar surface area (TPSA) is 26.5 Å². The summed E-state index contributed by atoms with van der Waals surface area (Å²) in [5.41, 5.74) is 2.06. The largest absolute Gasteiger partial charge is 0.492 e. The summed E-state index contributed by atoms with van der Waals surface area (Å²) in [4.78, 5) is 5.56. The molecule has 92 valence electrons. The first kappa shape index (κ1) is 11.6. The number of benzene rings is 1. The number of thiazole rings is 1. The summed E-state index contributed by atoms with van der Waals surface area (Å²) in [6, 6.07) is 7.90. The van der Waals surface area contributed by atoms with Crippen molar-refractivity contribution in [3.8, 4) is 17.0 Å². The van der Waals surface area contributed by atoms with Crippen LogP contribution in [-0.2, 0) is 0 Å². The maximum Gasteiger partial charge on any atom is 0.194 e. The minimum atomic E-state index is 0.499. The first-order chi connectivity index (χ1) is 8.86. The number of imidazole rings is 1. The second-order valence-corrected chi connectivity index (χ2v) is 5.03. The van der Waals surface area contributed by atoms with Crippen molar-refractivity contribution in [2.24, 2.45) is 0 Å². The van der Waals surface area contributed by atoms with Gasteiger partial charge < -0.3 is 4.74 Å². The van der Waals surface area contributed by atoms with Crippen molar-refractivity contribution >= 4 is 27.9 Å². The Morgan fingerprint density at radius 2 is 2.11 bits per heavy atom. The Morgan fingerprint density at radius 1 is 1.28 bits per heavy atom. The lowest BCUT2D eigenvalue weighted by molar-refractivity contribution is 0.343. The van der Waals surface area contributed by atoms with E-state index < -0.39 is 0 Å². The highest BCUT2D eigenvalue weighted by atomic mass is 35.5. The van der Waals surface area contributed by atoms with E-state index >= 15 is 0 Å². The van der Waals surface area contributed by atoms with Gasteiger partial charge in [-0.05, 0) is 24.3 Å². The molecule has 3 nitrogen and oxygen atoms in total. The molecule has 0 saturated carbocycles. The van der Waals surface area contributed by atoms with Crippen molar-refractivity contribution in [2.75, 3.05) is 12.5 Å². The van der Waals surface area contributed by atoms with E-state index in [1.165, 1.54) is 0 Å². The van der Waals surface area contributed by atoms with E-state index in [1.807, 2.05) is 46.4 Å². The van der Waals surface area contributed by atoms with E-state index in [9.17, 15) is 0 Å². The molecule has 3 aromatic rings. The predicted molar refractivity (Wildman–Crippen MR) is 74.7 cm³/mol. The van der Waals surface area contributed by atoms with Crippen LogP contribution in [-0.4, -0.2) is 21.9 Å². The van der Waals surface area contributed by atoms with Crippen molar-refractivity contribution in [3.05, 3.63) is 42.0 Å². The van der Waals surface area contributed by atoms with Crippen molar-refractivity contribution < 1.29 is 4.74 Å². The SMILES string of the molecule is ClCCOc1ccc(-c2cn3ccsc3n2)cc1. The van der Waals surface area contributed by atoms with Gasteiger partial charge in [0.25, 0.3) is 0 Å². The summed E-state index contributed by atoms with van der Waals surface area (Å²) in [5.74, 6) is 1.33. The van der Waals surface area contributed by atoms with Gasteiger partial charge in [0, 0.05) is 23.3 Å². The summed E-state index contributed by atoms with van der Waals surface area (Å²) >= 11 is 7.20. The molecule has 2 aromatic heterocycles. The zero-order valence-corrected chi connectivity index (χ0v) is 11.1. The fourth-order valence-corrected chi connectivity index (χ4v) is 2.52. The monoisotopic (exact) mass is 278 g/mol. The second-order valence-electron chi connectivity index (χ2n) is 3.78. The van der Waals surface area contributed by atoms with Gasteiger partial charge in [0.15, 0.2) is 4.96 Å². The molecule has 1 aromatic carbocycles. The highest BCUT2D eigenvalue weighted by Gasteiger charge is 2.05. The Morgan fingerprint density at radius 3 is 2.83 bits per heavy atom. The molecule has 0 saturated heterocycles. The van der Waals surface area contributed by atoms with Gasteiger partial charge in [-0.2, -0.15) is 0 Å².